The third kappa shape index (κ3) is 6.09. The first kappa shape index (κ1) is 22.3. The molecule has 1 atom stereocenters. The van der Waals surface area contributed by atoms with E-state index >= 15 is 0 Å². The van der Waals surface area contributed by atoms with Gasteiger partial charge >= 0.3 is 0 Å². The van der Waals surface area contributed by atoms with Crippen LogP contribution in [0.2, 0.25) is 0 Å². The highest BCUT2D eigenvalue weighted by molar-refractivity contribution is 5.82. The molecule has 2 saturated heterocycles. The topological polar surface area (TPSA) is 52.7 Å². The predicted octanol–water partition coefficient (Wildman–Crippen LogP) is 3.69. The molecular weight excluding hydrogens is 386 g/mol. The molecule has 5 nitrogen and oxygen atoms in total. The van der Waals surface area contributed by atoms with Crippen molar-refractivity contribution in [2.45, 2.75) is 83.2 Å². The van der Waals surface area contributed by atoms with Crippen molar-refractivity contribution in [3.8, 4) is 0 Å². The Morgan fingerprint density at radius 1 is 1.10 bits per heavy atom. The fourth-order valence-electron chi connectivity index (χ4n) is 5.67. The number of hydrogen-bond donors (Lipinski definition) is 1. The van der Waals surface area contributed by atoms with E-state index in [0.29, 0.717) is 24.8 Å². The monoisotopic (exact) mass is 425 g/mol. The maximum Gasteiger partial charge on any atom is 0.224 e. The van der Waals surface area contributed by atoms with Crippen molar-refractivity contribution in [1.29, 1.82) is 0 Å². The SMILES string of the molecule is Cc1ccccc1CCN1CCC(CN(C(=O)C[C@@H]2CCC(=O)N2)C2CCCC2)CC1. The zero-order valence-electron chi connectivity index (χ0n) is 19.2. The average molecular weight is 426 g/mol. The van der Waals surface area contributed by atoms with Crippen LogP contribution in [-0.4, -0.2) is 59.9 Å². The molecule has 4 rings (SSSR count). The van der Waals surface area contributed by atoms with Gasteiger partial charge in [-0.05, 0) is 75.6 Å². The van der Waals surface area contributed by atoms with Gasteiger partial charge in [0.05, 0.1) is 0 Å². The Morgan fingerprint density at radius 3 is 2.52 bits per heavy atom. The zero-order chi connectivity index (χ0) is 21.6. The minimum Gasteiger partial charge on any atom is -0.353 e. The zero-order valence-corrected chi connectivity index (χ0v) is 19.2. The van der Waals surface area contributed by atoms with Crippen LogP contribution in [0.4, 0.5) is 0 Å². The Balaban J connectivity index is 1.26. The van der Waals surface area contributed by atoms with Gasteiger partial charge in [0.1, 0.15) is 0 Å². The number of hydrogen-bond acceptors (Lipinski definition) is 3. The highest BCUT2D eigenvalue weighted by Gasteiger charge is 2.32. The highest BCUT2D eigenvalue weighted by atomic mass is 16.2. The summed E-state index contributed by atoms with van der Waals surface area (Å²) in [6.07, 6.45) is 10.1. The molecule has 1 aromatic carbocycles. The van der Waals surface area contributed by atoms with E-state index < -0.39 is 0 Å². The minimum absolute atomic E-state index is 0.0483. The summed E-state index contributed by atoms with van der Waals surface area (Å²) in [5.41, 5.74) is 2.85. The summed E-state index contributed by atoms with van der Waals surface area (Å²) in [6, 6.07) is 9.17. The van der Waals surface area contributed by atoms with E-state index in [1.165, 1.54) is 36.8 Å². The van der Waals surface area contributed by atoms with Gasteiger partial charge in [-0.1, -0.05) is 37.1 Å². The number of aryl methyl sites for hydroxylation is 1. The molecule has 3 fully saturated rings. The largest absolute Gasteiger partial charge is 0.353 e. The highest BCUT2D eigenvalue weighted by Crippen LogP contribution is 2.28. The lowest BCUT2D eigenvalue weighted by atomic mass is 9.94. The van der Waals surface area contributed by atoms with Gasteiger partial charge in [0, 0.05) is 38.0 Å². The van der Waals surface area contributed by atoms with E-state index in [1.807, 2.05) is 0 Å². The number of carbonyl (C=O) groups excluding carboxylic acids is 2. The van der Waals surface area contributed by atoms with Gasteiger partial charge in [0.15, 0.2) is 0 Å². The van der Waals surface area contributed by atoms with Gasteiger partial charge in [-0.2, -0.15) is 0 Å². The summed E-state index contributed by atoms with van der Waals surface area (Å²) in [6.45, 7) is 6.52. The fourth-order valence-corrected chi connectivity index (χ4v) is 5.67. The molecule has 3 aliphatic rings. The summed E-state index contributed by atoms with van der Waals surface area (Å²) in [4.78, 5) is 29.5. The number of carbonyl (C=O) groups is 2. The molecule has 1 saturated carbocycles. The molecule has 1 aliphatic carbocycles. The van der Waals surface area contributed by atoms with Crippen molar-refractivity contribution in [1.82, 2.24) is 15.1 Å². The quantitative estimate of drug-likeness (QED) is 0.691. The van der Waals surface area contributed by atoms with E-state index in [2.05, 4.69) is 46.3 Å². The lowest BCUT2D eigenvalue weighted by molar-refractivity contribution is -0.135. The van der Waals surface area contributed by atoms with Crippen molar-refractivity contribution in [3.05, 3.63) is 35.4 Å². The Bertz CT molecular complexity index is 751. The molecule has 1 aromatic rings. The van der Waals surface area contributed by atoms with Crippen molar-refractivity contribution in [3.63, 3.8) is 0 Å². The van der Waals surface area contributed by atoms with Gasteiger partial charge in [-0.15, -0.1) is 0 Å². The predicted molar refractivity (Wildman–Crippen MR) is 124 cm³/mol. The van der Waals surface area contributed by atoms with E-state index in [-0.39, 0.29) is 17.9 Å². The smallest absolute Gasteiger partial charge is 0.224 e. The summed E-state index contributed by atoms with van der Waals surface area (Å²) < 4.78 is 0. The van der Waals surface area contributed by atoms with E-state index in [9.17, 15) is 9.59 Å². The molecular formula is C26H39N3O2. The molecule has 0 aromatic heterocycles. The van der Waals surface area contributed by atoms with Crippen molar-refractivity contribution < 1.29 is 9.59 Å². The second-order valence-corrected chi connectivity index (χ2v) is 9.95. The lowest BCUT2D eigenvalue weighted by Crippen LogP contribution is -2.46. The number of amides is 2. The van der Waals surface area contributed by atoms with Crippen LogP contribution in [0.25, 0.3) is 0 Å². The van der Waals surface area contributed by atoms with Crippen LogP contribution in [0, 0.1) is 12.8 Å². The molecule has 0 bridgehead atoms. The molecule has 2 amide bonds. The molecule has 2 aliphatic heterocycles. The first-order valence-corrected chi connectivity index (χ1v) is 12.4. The third-order valence-corrected chi connectivity index (χ3v) is 7.71. The Kier molecular flexibility index (Phi) is 7.65. The fraction of sp³-hybridized carbons (Fsp3) is 0.692. The first-order valence-electron chi connectivity index (χ1n) is 12.4. The molecule has 31 heavy (non-hydrogen) atoms. The standard InChI is InChI=1S/C26H39N3O2/c1-20-6-2-3-7-22(20)14-17-28-15-12-21(13-16-28)19-29(24-8-4-5-9-24)26(31)18-23-10-11-25(30)27-23/h2-3,6-7,21,23-24H,4-5,8-19H2,1H3,(H,27,30)/t23-/m0/s1. The molecule has 170 valence electrons. The molecule has 2 heterocycles. The molecule has 1 N–H and O–H groups in total. The average Bonchev–Trinajstić information content (AvgIpc) is 3.44. The van der Waals surface area contributed by atoms with E-state index in [4.69, 9.17) is 0 Å². The number of benzene rings is 1. The van der Waals surface area contributed by atoms with Crippen LogP contribution >= 0.6 is 0 Å². The Morgan fingerprint density at radius 2 is 1.84 bits per heavy atom. The Labute approximate surface area is 187 Å². The summed E-state index contributed by atoms with van der Waals surface area (Å²) in [7, 11) is 0. The van der Waals surface area contributed by atoms with Crippen LogP contribution < -0.4 is 5.32 Å². The number of likely N-dealkylation sites (tertiary alicyclic amines) is 1. The number of rotatable bonds is 8. The number of piperidine rings is 1. The van der Waals surface area contributed by atoms with Crippen LogP contribution in [0.3, 0.4) is 0 Å². The van der Waals surface area contributed by atoms with Crippen molar-refractivity contribution >= 4 is 11.8 Å². The van der Waals surface area contributed by atoms with Gasteiger partial charge in [0.2, 0.25) is 11.8 Å². The minimum atomic E-state index is 0.0483. The second kappa shape index (κ2) is 10.6. The number of nitrogens with one attached hydrogen (secondary N) is 1. The lowest BCUT2D eigenvalue weighted by Gasteiger charge is -2.37. The summed E-state index contributed by atoms with van der Waals surface area (Å²) in [5.74, 6) is 0.974. The summed E-state index contributed by atoms with van der Waals surface area (Å²) >= 11 is 0. The molecule has 0 unspecified atom stereocenters. The van der Waals surface area contributed by atoms with Crippen LogP contribution in [0.5, 0.6) is 0 Å². The van der Waals surface area contributed by atoms with Crippen molar-refractivity contribution in [2.24, 2.45) is 5.92 Å². The third-order valence-electron chi connectivity index (χ3n) is 7.71. The normalized spacial score (nSPS) is 23.3. The number of nitrogens with zero attached hydrogens (tertiary/aromatic N) is 2. The van der Waals surface area contributed by atoms with E-state index in [0.717, 1.165) is 51.9 Å². The maximum atomic E-state index is 13.2. The van der Waals surface area contributed by atoms with Crippen LogP contribution in [0.1, 0.15) is 68.9 Å². The molecule has 5 heteroatoms. The van der Waals surface area contributed by atoms with Crippen LogP contribution in [0.15, 0.2) is 24.3 Å². The van der Waals surface area contributed by atoms with Gasteiger partial charge in [-0.3, -0.25) is 9.59 Å². The summed E-state index contributed by atoms with van der Waals surface area (Å²) in [5, 5.41) is 2.98. The molecule has 0 radical (unpaired) electrons. The van der Waals surface area contributed by atoms with Gasteiger partial charge < -0.3 is 15.1 Å². The molecule has 0 spiro atoms. The van der Waals surface area contributed by atoms with Crippen molar-refractivity contribution in [2.75, 3.05) is 26.2 Å². The first-order chi connectivity index (χ1) is 15.1. The van der Waals surface area contributed by atoms with E-state index in [1.54, 1.807) is 0 Å². The maximum absolute atomic E-state index is 13.2. The second-order valence-electron chi connectivity index (χ2n) is 9.95. The van der Waals surface area contributed by atoms with Gasteiger partial charge in [-0.25, -0.2) is 0 Å². The Hall–Kier alpha value is -1.88. The van der Waals surface area contributed by atoms with Gasteiger partial charge in [0.25, 0.3) is 0 Å². The van der Waals surface area contributed by atoms with Crippen LogP contribution in [-0.2, 0) is 16.0 Å².